The van der Waals surface area contributed by atoms with Crippen LogP contribution in [0.4, 0.5) is 0 Å². The number of rotatable bonds is 6. The SMILES string of the molecule is C=CC(=O)OCCN(C)C.C=CC(=O)[O-].C=CC(=O)[O-].[Ca+2]. The van der Waals surface area contributed by atoms with E-state index in [1.807, 2.05) is 19.0 Å². The molecular formula is C13H19CaNO6. The number of hydrogen-bond acceptors (Lipinski definition) is 7. The van der Waals surface area contributed by atoms with Crippen molar-refractivity contribution in [2.75, 3.05) is 27.2 Å². The summed E-state index contributed by atoms with van der Waals surface area (Å²) in [6.07, 6.45) is 2.61. The molecule has 0 atom stereocenters. The number of carbonyl (C=O) groups is 3. The molecule has 0 aromatic rings. The van der Waals surface area contributed by atoms with Gasteiger partial charge in [0.1, 0.15) is 6.61 Å². The molecule has 0 aromatic heterocycles. The second-order valence-electron chi connectivity index (χ2n) is 3.22. The molecule has 0 N–H and O–H groups in total. The summed E-state index contributed by atoms with van der Waals surface area (Å²) < 4.78 is 4.70. The Hall–Kier alpha value is -1.15. The number of carbonyl (C=O) groups excluding carboxylic acids is 3. The van der Waals surface area contributed by atoms with Crippen LogP contribution in [0.3, 0.4) is 0 Å². The molecule has 0 rings (SSSR count). The number of hydrogen-bond donors (Lipinski definition) is 0. The average Bonchev–Trinajstić information content (AvgIpc) is 2.39. The van der Waals surface area contributed by atoms with Crippen molar-refractivity contribution in [3.63, 3.8) is 0 Å². The van der Waals surface area contributed by atoms with Crippen molar-refractivity contribution in [2.24, 2.45) is 0 Å². The number of aliphatic carboxylic acids is 2. The van der Waals surface area contributed by atoms with E-state index in [0.717, 1.165) is 24.8 Å². The van der Waals surface area contributed by atoms with E-state index in [-0.39, 0.29) is 43.7 Å². The van der Waals surface area contributed by atoms with Crippen LogP contribution < -0.4 is 10.2 Å². The Morgan fingerprint density at radius 1 is 1.00 bits per heavy atom. The molecule has 0 amide bonds. The predicted octanol–water partition coefficient (Wildman–Crippen LogP) is -2.26. The van der Waals surface area contributed by atoms with Gasteiger partial charge in [-0.25, -0.2) is 4.79 Å². The summed E-state index contributed by atoms with van der Waals surface area (Å²) in [6, 6.07) is 0. The number of ether oxygens (including phenoxy) is 1. The molecule has 0 aliphatic heterocycles. The Labute approximate surface area is 154 Å². The van der Waals surface area contributed by atoms with Gasteiger partial charge in [0.2, 0.25) is 0 Å². The fraction of sp³-hybridized carbons (Fsp3) is 0.308. The summed E-state index contributed by atoms with van der Waals surface area (Å²) in [4.78, 5) is 30.7. The zero-order valence-electron chi connectivity index (χ0n) is 12.4. The summed E-state index contributed by atoms with van der Waals surface area (Å²) in [5.41, 5.74) is 0. The quantitative estimate of drug-likeness (QED) is 0.308. The molecule has 0 heterocycles. The number of nitrogens with zero attached hydrogens (tertiary/aromatic N) is 1. The first-order chi connectivity index (χ1) is 9.20. The molecule has 8 heteroatoms. The summed E-state index contributed by atoms with van der Waals surface area (Å²) >= 11 is 0. The Bertz CT molecular complexity index is 324. The molecule has 21 heavy (non-hydrogen) atoms. The van der Waals surface area contributed by atoms with Crippen molar-refractivity contribution in [3.8, 4) is 0 Å². The Balaban J connectivity index is -0.000000112. The minimum absolute atomic E-state index is 0. The monoisotopic (exact) mass is 325 g/mol. The van der Waals surface area contributed by atoms with E-state index in [4.69, 9.17) is 24.5 Å². The van der Waals surface area contributed by atoms with E-state index in [0.29, 0.717) is 6.61 Å². The van der Waals surface area contributed by atoms with Gasteiger partial charge in [0.05, 0.1) is 11.9 Å². The normalized spacial score (nSPS) is 7.57. The van der Waals surface area contributed by atoms with Crippen molar-refractivity contribution < 1.29 is 29.3 Å². The van der Waals surface area contributed by atoms with Gasteiger partial charge in [0, 0.05) is 12.6 Å². The maximum Gasteiger partial charge on any atom is 2.00 e. The van der Waals surface area contributed by atoms with E-state index in [2.05, 4.69) is 19.7 Å². The second kappa shape index (κ2) is 21.2. The number of esters is 1. The second-order valence-corrected chi connectivity index (χ2v) is 3.22. The zero-order valence-corrected chi connectivity index (χ0v) is 14.6. The molecule has 0 aromatic carbocycles. The third-order valence-corrected chi connectivity index (χ3v) is 1.28. The molecule has 0 fully saturated rings. The van der Waals surface area contributed by atoms with Gasteiger partial charge in [-0.15, -0.1) is 0 Å². The fourth-order valence-electron chi connectivity index (χ4n) is 0.388. The first-order valence-corrected chi connectivity index (χ1v) is 5.31. The van der Waals surface area contributed by atoms with Crippen LogP contribution in [0.5, 0.6) is 0 Å². The van der Waals surface area contributed by atoms with Crippen molar-refractivity contribution >= 4 is 55.6 Å². The minimum atomic E-state index is -1.23. The smallest absolute Gasteiger partial charge is 0.545 e. The predicted molar refractivity (Wildman–Crippen MR) is 75.9 cm³/mol. The van der Waals surface area contributed by atoms with Crippen molar-refractivity contribution in [1.29, 1.82) is 0 Å². The van der Waals surface area contributed by atoms with E-state index >= 15 is 0 Å². The van der Waals surface area contributed by atoms with E-state index < -0.39 is 11.9 Å². The van der Waals surface area contributed by atoms with Crippen LogP contribution >= 0.6 is 0 Å². The summed E-state index contributed by atoms with van der Waals surface area (Å²) in [5, 5.41) is 18.3. The molecule has 0 saturated carbocycles. The average molecular weight is 325 g/mol. The van der Waals surface area contributed by atoms with Gasteiger partial charge >= 0.3 is 43.7 Å². The van der Waals surface area contributed by atoms with Gasteiger partial charge in [-0.05, 0) is 26.2 Å². The van der Waals surface area contributed by atoms with Gasteiger partial charge < -0.3 is 29.4 Å². The van der Waals surface area contributed by atoms with Crippen LogP contribution in [0.2, 0.25) is 0 Å². The van der Waals surface area contributed by atoms with E-state index in [9.17, 15) is 4.79 Å². The van der Waals surface area contributed by atoms with Gasteiger partial charge in [-0.2, -0.15) is 0 Å². The molecule has 0 radical (unpaired) electrons. The first-order valence-electron chi connectivity index (χ1n) is 5.31. The molecule has 114 valence electrons. The Kier molecular flexibility index (Phi) is 28.3. The number of carboxylic acids is 2. The molecule has 0 spiro atoms. The third kappa shape index (κ3) is 45.5. The molecular weight excluding hydrogens is 306 g/mol. The summed E-state index contributed by atoms with van der Waals surface area (Å²) in [7, 11) is 3.84. The van der Waals surface area contributed by atoms with Crippen molar-refractivity contribution in [1.82, 2.24) is 4.90 Å². The molecule has 0 aliphatic carbocycles. The van der Waals surface area contributed by atoms with Crippen LogP contribution in [-0.4, -0.2) is 87.8 Å². The van der Waals surface area contributed by atoms with Crippen LogP contribution in [-0.2, 0) is 19.1 Å². The van der Waals surface area contributed by atoms with Crippen LogP contribution in [0.25, 0.3) is 0 Å². The van der Waals surface area contributed by atoms with Gasteiger partial charge in [-0.3, -0.25) is 0 Å². The van der Waals surface area contributed by atoms with Gasteiger partial charge in [-0.1, -0.05) is 19.7 Å². The topological polar surface area (TPSA) is 110 Å². The minimum Gasteiger partial charge on any atom is -0.545 e. The van der Waals surface area contributed by atoms with Crippen LogP contribution in [0.15, 0.2) is 38.0 Å². The summed E-state index contributed by atoms with van der Waals surface area (Å²) in [6.45, 7) is 10.2. The first kappa shape index (κ1) is 28.1. The number of carboxylic acid groups (broad SMARTS) is 2. The Morgan fingerprint density at radius 2 is 1.33 bits per heavy atom. The maximum absolute atomic E-state index is 10.4. The molecule has 0 saturated heterocycles. The van der Waals surface area contributed by atoms with Crippen LogP contribution in [0.1, 0.15) is 0 Å². The van der Waals surface area contributed by atoms with Crippen molar-refractivity contribution in [2.45, 2.75) is 0 Å². The molecule has 7 nitrogen and oxygen atoms in total. The van der Waals surface area contributed by atoms with Crippen molar-refractivity contribution in [3.05, 3.63) is 38.0 Å². The van der Waals surface area contributed by atoms with Crippen LogP contribution in [0, 0.1) is 0 Å². The molecule has 0 unspecified atom stereocenters. The third-order valence-electron chi connectivity index (χ3n) is 1.28. The summed E-state index contributed by atoms with van der Waals surface area (Å²) in [5.74, 6) is -2.82. The largest absolute Gasteiger partial charge is 2.00 e. The standard InChI is InChI=1S/C7H13NO2.2C3H4O2.Ca/c1-4-7(9)10-6-5-8(2)3;2*1-2-3(4)5;/h4H,1,5-6H2,2-3H3;2*2H,1H2,(H,4,5);/q;;;+2/p-2. The van der Waals surface area contributed by atoms with Gasteiger partial charge in [0.15, 0.2) is 0 Å². The van der Waals surface area contributed by atoms with E-state index in [1.165, 1.54) is 0 Å². The zero-order chi connectivity index (χ0) is 16.6. The molecule has 0 aliphatic rings. The van der Waals surface area contributed by atoms with E-state index in [1.54, 1.807) is 0 Å². The Morgan fingerprint density at radius 3 is 1.52 bits per heavy atom. The molecule has 0 bridgehead atoms. The van der Waals surface area contributed by atoms with Gasteiger partial charge in [0.25, 0.3) is 0 Å². The fourth-order valence-corrected chi connectivity index (χ4v) is 0.388. The maximum atomic E-state index is 10.4. The number of likely N-dealkylation sites (N-methyl/N-ethyl adjacent to an activating group) is 1.